The van der Waals surface area contributed by atoms with Gasteiger partial charge in [-0.1, -0.05) is 46.6 Å². The lowest BCUT2D eigenvalue weighted by Crippen LogP contribution is -2.48. The second-order valence-corrected chi connectivity index (χ2v) is 8.50. The zero-order chi connectivity index (χ0) is 21.7. The first kappa shape index (κ1) is 22.5. The summed E-state index contributed by atoms with van der Waals surface area (Å²) in [6, 6.07) is 12.8. The Hall–Kier alpha value is -2.16. The molecule has 1 aliphatic rings. The number of para-hydroxylation sites is 2. The van der Waals surface area contributed by atoms with E-state index in [-0.39, 0.29) is 16.9 Å². The molecule has 1 saturated heterocycles. The molecule has 158 valence electrons. The molecule has 1 fully saturated rings. The molecule has 3 rings (SSSR count). The number of amides is 2. The SMILES string of the molecule is CCC(=O)N1CCN(c2ccccc2NC(=S)NC(=O)c2cc(Br)ccc2Cl)CC1. The van der Waals surface area contributed by atoms with E-state index < -0.39 is 0 Å². The third-order valence-electron chi connectivity index (χ3n) is 4.83. The van der Waals surface area contributed by atoms with Gasteiger partial charge in [0.2, 0.25) is 5.91 Å². The van der Waals surface area contributed by atoms with E-state index in [9.17, 15) is 9.59 Å². The van der Waals surface area contributed by atoms with Gasteiger partial charge < -0.3 is 15.1 Å². The maximum atomic E-state index is 12.5. The molecule has 2 aromatic carbocycles. The highest BCUT2D eigenvalue weighted by atomic mass is 79.9. The number of thiocarbonyl (C=S) groups is 1. The molecule has 0 spiro atoms. The number of carbonyl (C=O) groups is 2. The van der Waals surface area contributed by atoms with Gasteiger partial charge in [-0.15, -0.1) is 0 Å². The van der Waals surface area contributed by atoms with Crippen LogP contribution in [-0.4, -0.2) is 48.0 Å². The fourth-order valence-corrected chi connectivity index (χ4v) is 4.04. The predicted molar refractivity (Wildman–Crippen MR) is 128 cm³/mol. The quantitative estimate of drug-likeness (QED) is 0.602. The van der Waals surface area contributed by atoms with E-state index in [1.807, 2.05) is 36.1 Å². The minimum absolute atomic E-state index is 0.177. The summed E-state index contributed by atoms with van der Waals surface area (Å²) in [7, 11) is 0. The number of nitrogens with zero attached hydrogens (tertiary/aromatic N) is 2. The minimum Gasteiger partial charge on any atom is -0.366 e. The predicted octanol–water partition coefficient (Wildman–Crippen LogP) is 4.29. The topological polar surface area (TPSA) is 64.7 Å². The Morgan fingerprint density at radius 3 is 2.53 bits per heavy atom. The molecule has 0 aromatic heterocycles. The maximum absolute atomic E-state index is 12.5. The number of hydrogen-bond acceptors (Lipinski definition) is 4. The molecule has 1 heterocycles. The summed E-state index contributed by atoms with van der Waals surface area (Å²) >= 11 is 14.8. The van der Waals surface area contributed by atoms with Crippen LogP contribution in [0, 0.1) is 0 Å². The van der Waals surface area contributed by atoms with Crippen LogP contribution in [0.2, 0.25) is 5.02 Å². The molecule has 2 N–H and O–H groups in total. The highest BCUT2D eigenvalue weighted by Gasteiger charge is 2.22. The summed E-state index contributed by atoms with van der Waals surface area (Å²) in [4.78, 5) is 28.5. The van der Waals surface area contributed by atoms with Crippen molar-refractivity contribution >= 4 is 68.1 Å². The number of piperazine rings is 1. The largest absolute Gasteiger partial charge is 0.366 e. The third kappa shape index (κ3) is 5.50. The van der Waals surface area contributed by atoms with Gasteiger partial charge in [0, 0.05) is 37.1 Å². The van der Waals surface area contributed by atoms with E-state index in [0.29, 0.717) is 30.1 Å². The van der Waals surface area contributed by atoms with Crippen LogP contribution in [0.3, 0.4) is 0 Å². The van der Waals surface area contributed by atoms with Gasteiger partial charge in [-0.25, -0.2) is 0 Å². The smallest absolute Gasteiger partial charge is 0.258 e. The van der Waals surface area contributed by atoms with E-state index in [1.165, 1.54) is 0 Å². The second kappa shape index (κ2) is 10.2. The number of halogens is 2. The van der Waals surface area contributed by atoms with Gasteiger partial charge in [0.15, 0.2) is 5.11 Å². The lowest BCUT2D eigenvalue weighted by Gasteiger charge is -2.37. The molecule has 1 aliphatic heterocycles. The molecule has 9 heteroatoms. The van der Waals surface area contributed by atoms with Crippen LogP contribution in [0.1, 0.15) is 23.7 Å². The van der Waals surface area contributed by atoms with Crippen LogP contribution >= 0.6 is 39.7 Å². The molecule has 0 aliphatic carbocycles. The van der Waals surface area contributed by atoms with E-state index in [2.05, 4.69) is 31.5 Å². The van der Waals surface area contributed by atoms with Gasteiger partial charge in [-0.05, 0) is 42.5 Å². The van der Waals surface area contributed by atoms with Crippen molar-refractivity contribution in [1.82, 2.24) is 10.2 Å². The molecular formula is C21H22BrClN4O2S. The number of carbonyl (C=O) groups excluding carboxylic acids is 2. The van der Waals surface area contributed by atoms with Crippen molar-refractivity contribution < 1.29 is 9.59 Å². The Kier molecular flexibility index (Phi) is 7.69. The summed E-state index contributed by atoms with van der Waals surface area (Å²) in [6.07, 6.45) is 0.522. The van der Waals surface area contributed by atoms with Gasteiger partial charge in [0.25, 0.3) is 5.91 Å². The standard InChI is InChI=1S/C21H22BrClN4O2S/c1-2-19(28)27-11-9-26(10-12-27)18-6-4-3-5-17(18)24-21(30)25-20(29)15-13-14(22)7-8-16(15)23/h3-8,13H,2,9-12H2,1H3,(H2,24,25,29,30). The Labute approximate surface area is 194 Å². The van der Waals surface area contributed by atoms with Crippen LogP contribution < -0.4 is 15.5 Å². The van der Waals surface area contributed by atoms with Crippen LogP contribution in [0.15, 0.2) is 46.9 Å². The third-order valence-corrected chi connectivity index (χ3v) is 5.85. The Bertz CT molecular complexity index is 964. The van der Waals surface area contributed by atoms with Gasteiger partial charge in [0.1, 0.15) is 0 Å². The number of hydrogen-bond donors (Lipinski definition) is 2. The number of anilines is 2. The maximum Gasteiger partial charge on any atom is 0.258 e. The van der Waals surface area contributed by atoms with Crippen molar-refractivity contribution in [3.8, 4) is 0 Å². The molecule has 6 nitrogen and oxygen atoms in total. The fraction of sp³-hybridized carbons (Fsp3) is 0.286. The van der Waals surface area contributed by atoms with Crippen molar-refractivity contribution in [2.75, 3.05) is 36.4 Å². The van der Waals surface area contributed by atoms with E-state index in [4.69, 9.17) is 23.8 Å². The molecule has 2 amide bonds. The lowest BCUT2D eigenvalue weighted by atomic mass is 10.2. The van der Waals surface area contributed by atoms with Gasteiger partial charge in [-0.3, -0.25) is 14.9 Å². The summed E-state index contributed by atoms with van der Waals surface area (Å²) in [5, 5.41) is 6.32. The number of benzene rings is 2. The van der Waals surface area contributed by atoms with E-state index in [0.717, 1.165) is 28.9 Å². The summed E-state index contributed by atoms with van der Waals surface area (Å²) in [5.41, 5.74) is 2.09. The first-order valence-corrected chi connectivity index (χ1v) is 11.2. The van der Waals surface area contributed by atoms with Crippen LogP contribution in [0.5, 0.6) is 0 Å². The summed E-state index contributed by atoms with van der Waals surface area (Å²) in [5.74, 6) is -0.209. The molecule has 2 aromatic rings. The number of nitrogens with one attached hydrogen (secondary N) is 2. The molecule has 0 saturated carbocycles. The Morgan fingerprint density at radius 2 is 1.83 bits per heavy atom. The fourth-order valence-electron chi connectivity index (χ4n) is 3.27. The van der Waals surface area contributed by atoms with Crippen molar-refractivity contribution in [2.24, 2.45) is 0 Å². The van der Waals surface area contributed by atoms with Gasteiger partial charge >= 0.3 is 0 Å². The van der Waals surface area contributed by atoms with Gasteiger partial charge in [-0.2, -0.15) is 0 Å². The minimum atomic E-state index is -0.386. The van der Waals surface area contributed by atoms with Crippen LogP contribution in [0.25, 0.3) is 0 Å². The van der Waals surface area contributed by atoms with Crippen molar-refractivity contribution in [3.05, 3.63) is 57.5 Å². The second-order valence-electron chi connectivity index (χ2n) is 6.77. The molecular weight excluding hydrogens is 488 g/mol. The van der Waals surface area contributed by atoms with E-state index >= 15 is 0 Å². The van der Waals surface area contributed by atoms with Crippen molar-refractivity contribution in [3.63, 3.8) is 0 Å². The average molecular weight is 510 g/mol. The Morgan fingerprint density at radius 1 is 1.13 bits per heavy atom. The van der Waals surface area contributed by atoms with Crippen LogP contribution in [0.4, 0.5) is 11.4 Å². The Balaban J connectivity index is 1.66. The zero-order valence-electron chi connectivity index (χ0n) is 16.5. The monoisotopic (exact) mass is 508 g/mol. The average Bonchev–Trinajstić information content (AvgIpc) is 2.75. The number of rotatable bonds is 4. The highest BCUT2D eigenvalue weighted by Crippen LogP contribution is 2.27. The van der Waals surface area contributed by atoms with E-state index in [1.54, 1.807) is 18.2 Å². The first-order valence-electron chi connectivity index (χ1n) is 9.58. The summed E-state index contributed by atoms with van der Waals surface area (Å²) in [6.45, 7) is 4.71. The molecule has 0 radical (unpaired) electrons. The van der Waals surface area contributed by atoms with Gasteiger partial charge in [0.05, 0.1) is 22.0 Å². The molecule has 0 bridgehead atoms. The first-order chi connectivity index (χ1) is 14.4. The molecule has 0 unspecified atom stereocenters. The van der Waals surface area contributed by atoms with Crippen molar-refractivity contribution in [1.29, 1.82) is 0 Å². The zero-order valence-corrected chi connectivity index (χ0v) is 19.6. The normalized spacial score (nSPS) is 13.7. The highest BCUT2D eigenvalue weighted by molar-refractivity contribution is 9.10. The lowest BCUT2D eigenvalue weighted by molar-refractivity contribution is -0.131. The molecule has 0 atom stereocenters. The van der Waals surface area contributed by atoms with Crippen molar-refractivity contribution in [2.45, 2.75) is 13.3 Å². The molecule has 30 heavy (non-hydrogen) atoms. The summed E-state index contributed by atoms with van der Waals surface area (Å²) < 4.78 is 0.752. The van der Waals surface area contributed by atoms with Crippen LogP contribution in [-0.2, 0) is 4.79 Å².